The molecule has 7 heteroatoms. The lowest BCUT2D eigenvalue weighted by Gasteiger charge is -2.19. The van der Waals surface area contributed by atoms with Crippen LogP contribution in [0.25, 0.3) is 0 Å². The molecule has 0 N–H and O–H groups in total. The molecular weight excluding hydrogens is 420 g/mol. The van der Waals surface area contributed by atoms with E-state index in [4.69, 9.17) is 4.74 Å². The number of amides is 3. The predicted molar refractivity (Wildman–Crippen MR) is 119 cm³/mol. The van der Waals surface area contributed by atoms with Crippen molar-refractivity contribution in [2.75, 3.05) is 16.3 Å². The van der Waals surface area contributed by atoms with E-state index >= 15 is 0 Å². The zero-order valence-corrected chi connectivity index (χ0v) is 18.1. The summed E-state index contributed by atoms with van der Waals surface area (Å²) in [6.45, 7) is 0.279. The third kappa shape index (κ3) is 3.17. The van der Waals surface area contributed by atoms with E-state index in [1.807, 2.05) is 30.3 Å². The zero-order chi connectivity index (χ0) is 22.7. The Labute approximate surface area is 191 Å². The molecule has 0 unspecified atom stereocenters. The summed E-state index contributed by atoms with van der Waals surface area (Å²) >= 11 is 0. The van der Waals surface area contributed by atoms with Gasteiger partial charge < -0.3 is 9.64 Å². The van der Waals surface area contributed by atoms with Crippen LogP contribution in [0.1, 0.15) is 25.7 Å². The first kappa shape index (κ1) is 20.1. The van der Waals surface area contributed by atoms with Crippen molar-refractivity contribution in [1.82, 2.24) is 0 Å². The normalized spacial score (nSPS) is 30.3. The minimum absolute atomic E-state index is 0.0904. The van der Waals surface area contributed by atoms with Gasteiger partial charge >= 0.3 is 5.97 Å². The molecule has 2 bridgehead atoms. The Morgan fingerprint density at radius 3 is 2.09 bits per heavy atom. The smallest absolute Gasteiger partial charge is 0.316 e. The molecule has 2 saturated carbocycles. The van der Waals surface area contributed by atoms with E-state index < -0.39 is 11.9 Å². The first-order valence-electron chi connectivity index (χ1n) is 11.6. The fourth-order valence-corrected chi connectivity index (χ4v) is 6.25. The van der Waals surface area contributed by atoms with Gasteiger partial charge in [0.2, 0.25) is 17.7 Å². The fraction of sp³-hybridized carbons (Fsp3) is 0.385. The van der Waals surface area contributed by atoms with Crippen LogP contribution in [0.15, 0.2) is 54.6 Å². The number of fused-ring (bicyclic) bond motifs is 5. The Bertz CT molecular complexity index is 1120. The molecule has 4 aliphatic rings. The molecule has 5 atom stereocenters. The minimum Gasteiger partial charge on any atom is -0.426 e. The molecule has 2 aromatic carbocycles. The average Bonchev–Trinajstić information content (AvgIpc) is 3.59. The van der Waals surface area contributed by atoms with Crippen LogP contribution < -0.4 is 14.5 Å². The maximum Gasteiger partial charge on any atom is 0.316 e. The summed E-state index contributed by atoms with van der Waals surface area (Å²) in [7, 11) is 0. The lowest BCUT2D eigenvalue weighted by atomic mass is 9.81. The molecule has 2 aliphatic heterocycles. The summed E-state index contributed by atoms with van der Waals surface area (Å²) in [5, 5.41) is 0. The molecule has 6 rings (SSSR count). The monoisotopic (exact) mass is 444 g/mol. The molecule has 2 heterocycles. The van der Waals surface area contributed by atoms with Crippen LogP contribution in [0, 0.1) is 29.6 Å². The Hall–Kier alpha value is -3.48. The van der Waals surface area contributed by atoms with E-state index in [2.05, 4.69) is 0 Å². The van der Waals surface area contributed by atoms with Gasteiger partial charge in [-0.1, -0.05) is 18.2 Å². The first-order chi connectivity index (χ1) is 16.0. The Morgan fingerprint density at radius 1 is 0.818 bits per heavy atom. The van der Waals surface area contributed by atoms with Gasteiger partial charge in [0.05, 0.1) is 23.4 Å². The summed E-state index contributed by atoms with van der Waals surface area (Å²) in [5.74, 6) is -0.625. The van der Waals surface area contributed by atoms with E-state index in [1.54, 1.807) is 29.2 Å². The van der Waals surface area contributed by atoms with E-state index in [-0.39, 0.29) is 42.5 Å². The number of carbonyl (C=O) groups is 4. The summed E-state index contributed by atoms with van der Waals surface area (Å²) in [4.78, 5) is 53.9. The molecule has 0 spiro atoms. The molecule has 0 radical (unpaired) electrons. The third-order valence-electron chi connectivity index (χ3n) is 7.77. The van der Waals surface area contributed by atoms with Gasteiger partial charge in [-0.25, -0.2) is 0 Å². The van der Waals surface area contributed by atoms with Crippen molar-refractivity contribution in [1.29, 1.82) is 0 Å². The fourth-order valence-electron chi connectivity index (χ4n) is 6.25. The van der Waals surface area contributed by atoms with Crippen LogP contribution >= 0.6 is 0 Å². The average molecular weight is 444 g/mol. The number of hydrogen-bond donors (Lipinski definition) is 0. The van der Waals surface area contributed by atoms with Crippen molar-refractivity contribution in [2.45, 2.75) is 25.7 Å². The van der Waals surface area contributed by atoms with Gasteiger partial charge in [0.15, 0.2) is 0 Å². The quantitative estimate of drug-likeness (QED) is 0.411. The van der Waals surface area contributed by atoms with Gasteiger partial charge in [-0.05, 0) is 67.5 Å². The molecule has 33 heavy (non-hydrogen) atoms. The SMILES string of the molecule is O=C(Oc1ccc(N2C(=O)[C@@H]3[C@H]4CC[C@@H](C4)[C@@H]3C2=O)cc1)[C@H]1CC(=O)N(c2ccccc2)C1. The van der Waals surface area contributed by atoms with Gasteiger partial charge in [0, 0.05) is 18.7 Å². The highest BCUT2D eigenvalue weighted by atomic mass is 16.5. The summed E-state index contributed by atoms with van der Waals surface area (Å²) in [6.07, 6.45) is 3.19. The number of para-hydroxylation sites is 1. The molecule has 3 amide bonds. The van der Waals surface area contributed by atoms with Gasteiger partial charge in [-0.3, -0.25) is 24.1 Å². The number of nitrogens with zero attached hydrogens (tertiary/aromatic N) is 2. The number of anilines is 2. The second kappa shape index (κ2) is 7.54. The van der Waals surface area contributed by atoms with Crippen molar-refractivity contribution >= 4 is 35.1 Å². The molecule has 168 valence electrons. The van der Waals surface area contributed by atoms with Crippen LogP contribution in [0.4, 0.5) is 11.4 Å². The van der Waals surface area contributed by atoms with E-state index in [0.717, 1.165) is 24.9 Å². The molecule has 2 aromatic rings. The number of esters is 1. The van der Waals surface area contributed by atoms with Gasteiger partial charge in [0.25, 0.3) is 0 Å². The molecule has 4 fully saturated rings. The maximum absolute atomic E-state index is 13.0. The highest BCUT2D eigenvalue weighted by molar-refractivity contribution is 6.22. The number of hydrogen-bond acceptors (Lipinski definition) is 5. The van der Waals surface area contributed by atoms with E-state index in [1.165, 1.54) is 4.90 Å². The van der Waals surface area contributed by atoms with Crippen LogP contribution in [0.2, 0.25) is 0 Å². The number of carbonyl (C=O) groups excluding carboxylic acids is 4. The zero-order valence-electron chi connectivity index (χ0n) is 18.1. The molecule has 7 nitrogen and oxygen atoms in total. The molecule has 2 saturated heterocycles. The van der Waals surface area contributed by atoms with Crippen LogP contribution in [0.5, 0.6) is 5.75 Å². The highest BCUT2D eigenvalue weighted by Gasteiger charge is 2.61. The lowest BCUT2D eigenvalue weighted by Crippen LogP contribution is -2.32. The molecule has 2 aliphatic carbocycles. The standard InChI is InChI=1S/C26H24N2O5/c29-21-13-17(14-27(21)18-4-2-1-3-5-18)26(32)33-20-10-8-19(9-11-20)28-24(30)22-15-6-7-16(12-15)23(22)25(28)31/h1-5,8-11,15-17,22-23H,6-7,12-14H2/t15-,16-,17-,22-,23+/m0/s1. The topological polar surface area (TPSA) is 84.0 Å². The van der Waals surface area contributed by atoms with Crippen LogP contribution in [0.3, 0.4) is 0 Å². The van der Waals surface area contributed by atoms with Crippen molar-refractivity contribution < 1.29 is 23.9 Å². The number of benzene rings is 2. The van der Waals surface area contributed by atoms with E-state index in [0.29, 0.717) is 23.3 Å². The Kier molecular flexibility index (Phi) is 4.60. The number of ether oxygens (including phenoxy) is 1. The number of rotatable bonds is 4. The van der Waals surface area contributed by atoms with Gasteiger partial charge in [-0.15, -0.1) is 0 Å². The predicted octanol–water partition coefficient (Wildman–Crippen LogP) is 3.18. The van der Waals surface area contributed by atoms with Gasteiger partial charge in [-0.2, -0.15) is 0 Å². The van der Waals surface area contributed by atoms with Crippen molar-refractivity contribution in [3.05, 3.63) is 54.6 Å². The Morgan fingerprint density at radius 2 is 1.45 bits per heavy atom. The van der Waals surface area contributed by atoms with Crippen molar-refractivity contribution in [3.63, 3.8) is 0 Å². The maximum atomic E-state index is 13.0. The largest absolute Gasteiger partial charge is 0.426 e. The van der Waals surface area contributed by atoms with Crippen molar-refractivity contribution in [3.8, 4) is 5.75 Å². The van der Waals surface area contributed by atoms with E-state index in [9.17, 15) is 19.2 Å². The number of imide groups is 1. The second-order valence-electron chi connectivity index (χ2n) is 9.55. The summed E-state index contributed by atoms with van der Waals surface area (Å²) in [6, 6.07) is 15.8. The van der Waals surface area contributed by atoms with Crippen LogP contribution in [-0.2, 0) is 19.2 Å². The second-order valence-corrected chi connectivity index (χ2v) is 9.55. The summed E-state index contributed by atoms with van der Waals surface area (Å²) in [5.41, 5.74) is 1.28. The summed E-state index contributed by atoms with van der Waals surface area (Å²) < 4.78 is 5.51. The Balaban J connectivity index is 1.13. The third-order valence-corrected chi connectivity index (χ3v) is 7.77. The lowest BCUT2D eigenvalue weighted by molar-refractivity contribution is -0.139. The molecule has 0 aromatic heterocycles. The molecular formula is C26H24N2O5. The highest BCUT2D eigenvalue weighted by Crippen LogP contribution is 2.56. The first-order valence-corrected chi connectivity index (χ1v) is 11.6. The van der Waals surface area contributed by atoms with Gasteiger partial charge in [0.1, 0.15) is 5.75 Å². The van der Waals surface area contributed by atoms with Crippen LogP contribution in [-0.4, -0.2) is 30.2 Å². The van der Waals surface area contributed by atoms with Crippen molar-refractivity contribution in [2.24, 2.45) is 29.6 Å². The minimum atomic E-state index is -0.547.